The molecular weight excluding hydrogens is 526 g/mol. The van der Waals surface area contributed by atoms with Gasteiger partial charge < -0.3 is 20.3 Å². The van der Waals surface area contributed by atoms with Crippen LogP contribution in [0.5, 0.6) is 0 Å². The van der Waals surface area contributed by atoms with Gasteiger partial charge in [0.15, 0.2) is 0 Å². The van der Waals surface area contributed by atoms with Crippen LogP contribution in [0.25, 0.3) is 0 Å². The number of hydrogen-bond donors (Lipinski definition) is 4. The lowest BCUT2D eigenvalue weighted by atomic mass is 10.0. The van der Waals surface area contributed by atoms with Crippen molar-refractivity contribution in [2.75, 3.05) is 13.1 Å². The van der Waals surface area contributed by atoms with E-state index in [0.717, 1.165) is 19.3 Å². The predicted molar refractivity (Wildman–Crippen MR) is 144 cm³/mol. The molecule has 39 heavy (non-hydrogen) atoms. The highest BCUT2D eigenvalue weighted by molar-refractivity contribution is 7.88. The van der Waals surface area contributed by atoms with Crippen LogP contribution in [0, 0.1) is 5.92 Å². The molecule has 1 saturated heterocycles. The van der Waals surface area contributed by atoms with Crippen LogP contribution in [0.1, 0.15) is 85.5 Å². The van der Waals surface area contributed by atoms with Gasteiger partial charge in [0.05, 0.1) is 0 Å². The second-order valence-corrected chi connectivity index (χ2v) is 13.1. The van der Waals surface area contributed by atoms with Crippen LogP contribution in [-0.2, 0) is 29.3 Å². The molecule has 0 bridgehead atoms. The molecule has 2 heterocycles. The van der Waals surface area contributed by atoms with Crippen molar-refractivity contribution in [3.8, 4) is 0 Å². The van der Waals surface area contributed by atoms with Crippen LogP contribution in [0.3, 0.4) is 0 Å². The van der Waals surface area contributed by atoms with Crippen molar-refractivity contribution in [3.05, 3.63) is 12.2 Å². The second-order valence-electron chi connectivity index (χ2n) is 11.6. The fourth-order valence-corrected chi connectivity index (χ4v) is 6.00. The average molecular weight is 570 g/mol. The maximum Gasteiger partial charge on any atom is 0.408 e. The summed E-state index contributed by atoms with van der Waals surface area (Å²) >= 11 is 0. The average Bonchev–Trinajstić information content (AvgIpc) is 3.29. The van der Waals surface area contributed by atoms with Gasteiger partial charge in [0, 0.05) is 19.0 Å². The first kappa shape index (κ1) is 30.9. The molecule has 1 unspecified atom stereocenters. The maximum absolute atomic E-state index is 13.6. The minimum atomic E-state index is -4.09. The zero-order valence-electron chi connectivity index (χ0n) is 23.4. The van der Waals surface area contributed by atoms with E-state index in [9.17, 15) is 27.6 Å². The van der Waals surface area contributed by atoms with Crippen LogP contribution < -0.4 is 20.1 Å². The zero-order valence-corrected chi connectivity index (χ0v) is 24.2. The molecule has 3 rings (SSSR count). The molecule has 220 valence electrons. The Morgan fingerprint density at radius 3 is 2.59 bits per heavy atom. The highest BCUT2D eigenvalue weighted by Gasteiger charge is 2.61. The van der Waals surface area contributed by atoms with E-state index in [0.29, 0.717) is 38.6 Å². The highest BCUT2D eigenvalue weighted by atomic mass is 32.2. The SMILES string of the molecule is CCCNS(=O)(=O)NC(=O)[C@@]12C[C@H]1/C=C\CCCCCC(NC(=O)OC(C)(C)C)C(=O)N1CCC[C@H]1C(=O)N2. The van der Waals surface area contributed by atoms with Crippen molar-refractivity contribution in [1.82, 2.24) is 25.0 Å². The number of nitrogens with zero attached hydrogens (tertiary/aromatic N) is 1. The van der Waals surface area contributed by atoms with Crippen molar-refractivity contribution < 1.29 is 32.3 Å². The van der Waals surface area contributed by atoms with Gasteiger partial charge in [-0.3, -0.25) is 14.4 Å². The number of ether oxygens (including phenoxy) is 1. The number of fused-ring (bicyclic) bond motifs is 2. The lowest BCUT2D eigenvalue weighted by molar-refractivity contribution is -0.141. The Bertz CT molecular complexity index is 1070. The molecule has 13 heteroatoms. The highest BCUT2D eigenvalue weighted by Crippen LogP contribution is 2.45. The minimum Gasteiger partial charge on any atom is -0.444 e. The molecule has 2 aliphatic heterocycles. The number of allylic oxidation sites excluding steroid dienone is 1. The summed E-state index contributed by atoms with van der Waals surface area (Å²) in [5.74, 6) is -2.06. The Morgan fingerprint density at radius 2 is 1.90 bits per heavy atom. The number of alkyl carbamates (subject to hydrolysis) is 1. The van der Waals surface area contributed by atoms with E-state index in [1.807, 2.05) is 12.2 Å². The van der Waals surface area contributed by atoms with E-state index < -0.39 is 51.3 Å². The number of hydrogen-bond acceptors (Lipinski definition) is 7. The normalized spacial score (nSPS) is 29.1. The first-order chi connectivity index (χ1) is 18.3. The lowest BCUT2D eigenvalue weighted by Crippen LogP contribution is -2.59. The molecule has 4 atom stereocenters. The summed E-state index contributed by atoms with van der Waals surface area (Å²) in [6.45, 7) is 7.52. The maximum atomic E-state index is 13.6. The van der Waals surface area contributed by atoms with Gasteiger partial charge in [-0.25, -0.2) is 9.52 Å². The van der Waals surface area contributed by atoms with Gasteiger partial charge in [-0.2, -0.15) is 13.1 Å². The summed E-state index contributed by atoms with van der Waals surface area (Å²) < 4.78 is 34.4. The summed E-state index contributed by atoms with van der Waals surface area (Å²) in [5.41, 5.74) is -2.15. The Labute approximate surface area is 231 Å². The summed E-state index contributed by atoms with van der Waals surface area (Å²) in [7, 11) is -4.09. The van der Waals surface area contributed by atoms with Crippen molar-refractivity contribution in [1.29, 1.82) is 0 Å². The Hall–Kier alpha value is -2.67. The third kappa shape index (κ3) is 8.41. The van der Waals surface area contributed by atoms with E-state index in [-0.39, 0.29) is 24.8 Å². The molecule has 3 aliphatic rings. The van der Waals surface area contributed by atoms with Gasteiger partial charge >= 0.3 is 16.3 Å². The molecule has 0 aromatic rings. The minimum absolute atomic E-state index is 0.170. The van der Waals surface area contributed by atoms with Crippen molar-refractivity contribution in [3.63, 3.8) is 0 Å². The summed E-state index contributed by atoms with van der Waals surface area (Å²) in [4.78, 5) is 54.3. The molecule has 12 nitrogen and oxygen atoms in total. The van der Waals surface area contributed by atoms with Crippen LogP contribution in [0.15, 0.2) is 12.2 Å². The van der Waals surface area contributed by atoms with Gasteiger partial charge in [-0.1, -0.05) is 31.9 Å². The fraction of sp³-hybridized carbons (Fsp3) is 0.769. The van der Waals surface area contributed by atoms with E-state index in [1.165, 1.54) is 4.90 Å². The third-order valence-corrected chi connectivity index (χ3v) is 8.13. The van der Waals surface area contributed by atoms with Crippen LogP contribution in [0.4, 0.5) is 4.79 Å². The molecule has 0 aromatic heterocycles. The number of amides is 4. The fourth-order valence-electron chi connectivity index (χ4n) is 5.03. The topological polar surface area (TPSA) is 163 Å². The zero-order chi connectivity index (χ0) is 28.8. The van der Waals surface area contributed by atoms with Gasteiger partial charge in [0.1, 0.15) is 23.2 Å². The summed E-state index contributed by atoms with van der Waals surface area (Å²) in [6.07, 6.45) is 8.38. The van der Waals surface area contributed by atoms with E-state index in [4.69, 9.17) is 4.74 Å². The van der Waals surface area contributed by atoms with Crippen LogP contribution >= 0.6 is 0 Å². The Kier molecular flexibility index (Phi) is 10.0. The van der Waals surface area contributed by atoms with E-state index >= 15 is 0 Å². The quantitative estimate of drug-likeness (QED) is 0.353. The second kappa shape index (κ2) is 12.7. The van der Waals surface area contributed by atoms with Crippen molar-refractivity contribution in [2.24, 2.45) is 5.92 Å². The summed E-state index contributed by atoms with van der Waals surface area (Å²) in [6, 6.07) is -1.69. The van der Waals surface area contributed by atoms with Crippen LogP contribution in [0.2, 0.25) is 0 Å². The van der Waals surface area contributed by atoms with Crippen LogP contribution in [-0.4, -0.2) is 73.4 Å². The number of carbonyl (C=O) groups is 4. The molecule has 4 amide bonds. The number of nitrogens with one attached hydrogen (secondary N) is 4. The third-order valence-electron chi connectivity index (χ3n) is 7.09. The van der Waals surface area contributed by atoms with Crippen molar-refractivity contribution >= 4 is 34.0 Å². The Balaban J connectivity index is 1.82. The molecule has 0 aromatic carbocycles. The van der Waals surface area contributed by atoms with Gasteiger partial charge in [0.2, 0.25) is 11.8 Å². The first-order valence-electron chi connectivity index (χ1n) is 13.9. The predicted octanol–water partition coefficient (Wildman–Crippen LogP) is 1.63. The Morgan fingerprint density at radius 1 is 1.15 bits per heavy atom. The lowest BCUT2D eigenvalue weighted by Gasteiger charge is -2.30. The molecule has 0 radical (unpaired) electrons. The molecule has 1 aliphatic carbocycles. The standard InChI is InChI=1S/C26H43N5O7S/c1-5-15-27-39(36,37)30-23(34)26-17-18(26)12-9-7-6-8-10-13-19(28-24(35)38-25(2,3)4)22(33)31-16-11-14-20(31)21(32)29-26/h9,12,18-20,27H,5-8,10-11,13-17H2,1-4H3,(H,28,35)(H,29,32)(H,30,34)/b12-9-/t18-,19?,20+,26-/m1/s1. The van der Waals surface area contributed by atoms with E-state index in [1.54, 1.807) is 27.7 Å². The van der Waals surface area contributed by atoms with Crippen molar-refractivity contribution in [2.45, 2.75) is 109 Å². The van der Waals surface area contributed by atoms with Gasteiger partial charge in [-0.05, 0) is 65.7 Å². The van der Waals surface area contributed by atoms with Gasteiger partial charge in [0.25, 0.3) is 5.91 Å². The molecule has 1 saturated carbocycles. The molecule has 2 fully saturated rings. The number of rotatable bonds is 6. The largest absolute Gasteiger partial charge is 0.444 e. The van der Waals surface area contributed by atoms with Gasteiger partial charge in [-0.15, -0.1) is 0 Å². The van der Waals surface area contributed by atoms with E-state index in [2.05, 4.69) is 20.1 Å². The monoisotopic (exact) mass is 569 g/mol. The summed E-state index contributed by atoms with van der Waals surface area (Å²) in [5, 5.41) is 5.49. The molecule has 0 spiro atoms. The smallest absolute Gasteiger partial charge is 0.408 e. The molecular formula is C26H43N5O7S. The number of carbonyl (C=O) groups excluding carboxylic acids is 4. The molecule has 4 N–H and O–H groups in total. The first-order valence-corrected chi connectivity index (χ1v) is 15.4.